The standard InChI is InChI=1S/C19H22FN3O4S.ClH/c1-26-14-12-16(22-8-6-21-7-9-22)19-17(13-14)23(10-11-27-19)28(24,25)18-5-3-2-4-15(18)20;/h2-5,12-13,21H,6-11H2,1H3;1H. The summed E-state index contributed by atoms with van der Waals surface area (Å²) < 4.78 is 53.2. The van der Waals surface area contributed by atoms with Gasteiger partial charge < -0.3 is 19.7 Å². The van der Waals surface area contributed by atoms with Crippen molar-refractivity contribution in [2.24, 2.45) is 0 Å². The summed E-state index contributed by atoms with van der Waals surface area (Å²) in [7, 11) is -2.56. The number of benzene rings is 2. The highest BCUT2D eigenvalue weighted by atomic mass is 35.5. The lowest BCUT2D eigenvalue weighted by Gasteiger charge is -2.36. The lowest BCUT2D eigenvalue weighted by Crippen LogP contribution is -2.44. The number of ether oxygens (including phenoxy) is 2. The molecule has 2 aromatic rings. The summed E-state index contributed by atoms with van der Waals surface area (Å²) in [6, 6.07) is 8.87. The average molecular weight is 444 g/mol. The molecule has 1 saturated heterocycles. The van der Waals surface area contributed by atoms with Crippen molar-refractivity contribution in [3.05, 3.63) is 42.2 Å². The molecule has 4 rings (SSSR count). The van der Waals surface area contributed by atoms with E-state index in [0.717, 1.165) is 37.9 Å². The Balaban J connectivity index is 0.00000240. The molecular formula is C19H23ClFN3O4S. The van der Waals surface area contributed by atoms with E-state index in [1.165, 1.54) is 29.6 Å². The number of rotatable bonds is 4. The molecule has 10 heteroatoms. The summed E-state index contributed by atoms with van der Waals surface area (Å²) in [4.78, 5) is 1.78. The Labute approximate surface area is 175 Å². The first-order chi connectivity index (χ1) is 13.5. The van der Waals surface area contributed by atoms with Gasteiger partial charge in [-0.2, -0.15) is 0 Å². The Morgan fingerprint density at radius 2 is 1.79 bits per heavy atom. The molecule has 0 bridgehead atoms. The fourth-order valence-electron chi connectivity index (χ4n) is 3.54. The molecule has 0 unspecified atom stereocenters. The lowest BCUT2D eigenvalue weighted by molar-refractivity contribution is 0.314. The van der Waals surface area contributed by atoms with Gasteiger partial charge in [-0.3, -0.25) is 4.31 Å². The van der Waals surface area contributed by atoms with Gasteiger partial charge in [-0.25, -0.2) is 12.8 Å². The minimum absolute atomic E-state index is 0. The summed E-state index contributed by atoms with van der Waals surface area (Å²) in [5.41, 5.74) is 1.15. The first-order valence-electron chi connectivity index (χ1n) is 9.10. The largest absolute Gasteiger partial charge is 0.497 e. The SMILES string of the molecule is COc1cc(N2CCNCC2)c2c(c1)N(S(=O)(=O)c1ccccc1F)CCO2.Cl. The number of sulfonamides is 1. The van der Waals surface area contributed by atoms with Gasteiger partial charge in [-0.05, 0) is 12.1 Å². The maximum absolute atomic E-state index is 14.3. The van der Waals surface area contributed by atoms with Crippen LogP contribution in [0.25, 0.3) is 0 Å². The van der Waals surface area contributed by atoms with Gasteiger partial charge in [0.2, 0.25) is 0 Å². The number of fused-ring (bicyclic) bond motifs is 1. The van der Waals surface area contributed by atoms with E-state index in [9.17, 15) is 12.8 Å². The summed E-state index contributed by atoms with van der Waals surface area (Å²) in [6.45, 7) is 3.46. The van der Waals surface area contributed by atoms with Gasteiger partial charge >= 0.3 is 0 Å². The third-order valence-corrected chi connectivity index (χ3v) is 6.78. The quantitative estimate of drug-likeness (QED) is 0.781. The van der Waals surface area contributed by atoms with Gasteiger partial charge in [0.15, 0.2) is 5.75 Å². The molecule has 158 valence electrons. The number of methoxy groups -OCH3 is 1. The second kappa shape index (κ2) is 8.64. The first-order valence-corrected chi connectivity index (χ1v) is 10.5. The molecule has 29 heavy (non-hydrogen) atoms. The Kier molecular flexibility index (Phi) is 6.40. The van der Waals surface area contributed by atoms with Crippen molar-refractivity contribution in [1.82, 2.24) is 5.32 Å². The van der Waals surface area contributed by atoms with Crippen LogP contribution in [-0.2, 0) is 10.0 Å². The molecule has 1 N–H and O–H groups in total. The van der Waals surface area contributed by atoms with Gasteiger partial charge in [0.05, 0.1) is 25.0 Å². The number of nitrogens with zero attached hydrogens (tertiary/aromatic N) is 2. The van der Waals surface area contributed by atoms with E-state index in [4.69, 9.17) is 9.47 Å². The van der Waals surface area contributed by atoms with Gasteiger partial charge in [0, 0.05) is 38.3 Å². The van der Waals surface area contributed by atoms with Crippen LogP contribution in [0.5, 0.6) is 11.5 Å². The molecule has 0 radical (unpaired) electrons. The second-order valence-electron chi connectivity index (χ2n) is 6.59. The molecular weight excluding hydrogens is 421 g/mol. The number of hydrogen-bond acceptors (Lipinski definition) is 6. The maximum Gasteiger partial charge on any atom is 0.267 e. The van der Waals surface area contributed by atoms with E-state index >= 15 is 0 Å². The zero-order chi connectivity index (χ0) is 19.7. The minimum atomic E-state index is -4.09. The number of nitrogens with one attached hydrogen (secondary N) is 1. The van der Waals surface area contributed by atoms with E-state index in [-0.39, 0.29) is 30.5 Å². The molecule has 0 aliphatic carbocycles. The zero-order valence-electron chi connectivity index (χ0n) is 15.9. The van der Waals surface area contributed by atoms with Crippen LogP contribution in [-0.4, -0.2) is 54.9 Å². The predicted molar refractivity (Wildman–Crippen MR) is 112 cm³/mol. The van der Waals surface area contributed by atoms with Gasteiger partial charge in [0.25, 0.3) is 10.0 Å². The molecule has 0 aromatic heterocycles. The van der Waals surface area contributed by atoms with E-state index < -0.39 is 15.8 Å². The summed E-state index contributed by atoms with van der Waals surface area (Å²) in [5.74, 6) is 0.223. The van der Waals surface area contributed by atoms with Crippen molar-refractivity contribution in [3.63, 3.8) is 0 Å². The topological polar surface area (TPSA) is 71.1 Å². The molecule has 2 aliphatic rings. The normalized spacial score (nSPS) is 16.5. The van der Waals surface area contributed by atoms with Crippen LogP contribution in [0.4, 0.5) is 15.8 Å². The number of piperazine rings is 1. The van der Waals surface area contributed by atoms with Gasteiger partial charge in [0.1, 0.15) is 23.1 Å². The molecule has 1 fully saturated rings. The van der Waals surface area contributed by atoms with Crippen molar-refractivity contribution < 1.29 is 22.3 Å². The number of anilines is 2. The van der Waals surface area contributed by atoms with Crippen LogP contribution in [0.15, 0.2) is 41.3 Å². The monoisotopic (exact) mass is 443 g/mol. The summed E-state index contributed by atoms with van der Waals surface area (Å²) in [6.07, 6.45) is 0. The molecule has 2 aromatic carbocycles. The lowest BCUT2D eigenvalue weighted by atomic mass is 10.1. The van der Waals surface area contributed by atoms with E-state index in [2.05, 4.69) is 10.2 Å². The van der Waals surface area contributed by atoms with E-state index in [1.807, 2.05) is 6.07 Å². The Morgan fingerprint density at radius 3 is 2.48 bits per heavy atom. The van der Waals surface area contributed by atoms with E-state index in [1.54, 1.807) is 6.07 Å². The molecule has 0 atom stereocenters. The van der Waals surface area contributed by atoms with Crippen molar-refractivity contribution >= 4 is 33.8 Å². The fraction of sp³-hybridized carbons (Fsp3) is 0.368. The van der Waals surface area contributed by atoms with Crippen LogP contribution in [0.1, 0.15) is 0 Å². The summed E-state index contributed by atoms with van der Waals surface area (Å²) in [5, 5.41) is 3.29. The fourth-order valence-corrected chi connectivity index (χ4v) is 5.05. The zero-order valence-corrected chi connectivity index (χ0v) is 17.6. The van der Waals surface area contributed by atoms with Crippen molar-refractivity contribution in [2.75, 3.05) is 55.6 Å². The Morgan fingerprint density at radius 1 is 1.10 bits per heavy atom. The average Bonchev–Trinajstić information content (AvgIpc) is 2.73. The van der Waals surface area contributed by atoms with Crippen LogP contribution < -0.4 is 24.0 Å². The van der Waals surface area contributed by atoms with Crippen molar-refractivity contribution in [1.29, 1.82) is 0 Å². The van der Waals surface area contributed by atoms with E-state index in [0.29, 0.717) is 17.2 Å². The smallest absolute Gasteiger partial charge is 0.267 e. The number of hydrogen-bond donors (Lipinski definition) is 1. The highest BCUT2D eigenvalue weighted by molar-refractivity contribution is 7.92. The Hall–Kier alpha value is -2.23. The van der Waals surface area contributed by atoms with Crippen LogP contribution in [0, 0.1) is 5.82 Å². The summed E-state index contributed by atoms with van der Waals surface area (Å²) >= 11 is 0. The first kappa shape index (κ1) is 21.5. The number of halogens is 2. The van der Waals surface area contributed by atoms with Crippen LogP contribution in [0.2, 0.25) is 0 Å². The minimum Gasteiger partial charge on any atom is -0.497 e. The molecule has 0 spiro atoms. The van der Waals surface area contributed by atoms with Gasteiger partial charge in [-0.1, -0.05) is 12.1 Å². The Bertz CT molecular complexity index is 983. The maximum atomic E-state index is 14.3. The second-order valence-corrected chi connectivity index (χ2v) is 8.42. The molecule has 0 amide bonds. The highest BCUT2D eigenvalue weighted by Gasteiger charge is 2.34. The van der Waals surface area contributed by atoms with Crippen LogP contribution >= 0.6 is 12.4 Å². The predicted octanol–water partition coefficient (Wildman–Crippen LogP) is 2.25. The molecule has 2 heterocycles. The molecule has 0 saturated carbocycles. The van der Waals surface area contributed by atoms with Crippen molar-refractivity contribution in [2.45, 2.75) is 4.90 Å². The van der Waals surface area contributed by atoms with Crippen molar-refractivity contribution in [3.8, 4) is 11.5 Å². The van der Waals surface area contributed by atoms with Crippen LogP contribution in [0.3, 0.4) is 0 Å². The molecule has 7 nitrogen and oxygen atoms in total. The highest BCUT2D eigenvalue weighted by Crippen LogP contribution is 2.45. The third-order valence-electron chi connectivity index (χ3n) is 4.93. The third kappa shape index (κ3) is 3.94. The molecule has 2 aliphatic heterocycles. The van der Waals surface area contributed by atoms with Gasteiger partial charge in [-0.15, -0.1) is 12.4 Å².